The molecule has 0 bridgehead atoms. The van der Waals surface area contributed by atoms with Gasteiger partial charge < -0.3 is 13.1 Å². The van der Waals surface area contributed by atoms with E-state index in [9.17, 15) is 4.79 Å². The largest absolute Gasteiger partial charge is 0.458 e. The fourth-order valence-corrected chi connectivity index (χ4v) is 0.850. The minimum atomic E-state index is -0.442. The quantitative estimate of drug-likeness (QED) is 0.386. The number of hydrogen-bond acceptors (Lipinski definition) is 6. The van der Waals surface area contributed by atoms with Crippen molar-refractivity contribution in [1.82, 2.24) is 0 Å². The lowest BCUT2D eigenvalue weighted by Crippen LogP contribution is -2.25. The Kier molecular flexibility index (Phi) is 6.83. The van der Waals surface area contributed by atoms with E-state index >= 15 is 0 Å². The molecule has 0 saturated carbocycles. The molecule has 0 heterocycles. The Bertz CT molecular complexity index is 113. The molecule has 0 N–H and O–H groups in total. The molecule has 0 radical (unpaired) electrons. The van der Waals surface area contributed by atoms with Crippen LogP contribution in [0.5, 0.6) is 0 Å². The van der Waals surface area contributed by atoms with Gasteiger partial charge in [0.05, 0.1) is 0 Å². The molecule has 0 spiro atoms. The van der Waals surface area contributed by atoms with Crippen LogP contribution in [-0.2, 0) is 17.9 Å². The standard InChI is InChI=1S/C5H10O4S2/c1-4(6)9-5(2-7-10)3-8-11/h5,10-11H,2-3H2,1H3. The van der Waals surface area contributed by atoms with Gasteiger partial charge in [0, 0.05) is 6.92 Å². The van der Waals surface area contributed by atoms with Crippen molar-refractivity contribution < 1.29 is 17.9 Å². The van der Waals surface area contributed by atoms with E-state index in [0.717, 1.165) is 0 Å². The molecule has 11 heavy (non-hydrogen) atoms. The maximum Gasteiger partial charge on any atom is 0.303 e. The third-order valence-electron chi connectivity index (χ3n) is 0.853. The first kappa shape index (κ1) is 11.1. The Morgan fingerprint density at radius 3 is 2.09 bits per heavy atom. The Hall–Kier alpha value is 0.0900. The summed E-state index contributed by atoms with van der Waals surface area (Å²) in [7, 11) is 0. The van der Waals surface area contributed by atoms with Gasteiger partial charge in [-0.2, -0.15) is 0 Å². The highest BCUT2D eigenvalue weighted by molar-refractivity contribution is 7.75. The zero-order valence-electron chi connectivity index (χ0n) is 6.02. The van der Waals surface area contributed by atoms with Gasteiger partial charge in [-0.25, -0.2) is 0 Å². The van der Waals surface area contributed by atoms with Crippen molar-refractivity contribution in [2.24, 2.45) is 0 Å². The summed E-state index contributed by atoms with van der Waals surface area (Å²) in [6.45, 7) is 1.68. The second kappa shape index (κ2) is 6.78. The normalized spacial score (nSPS) is 10.2. The molecule has 0 fully saturated rings. The van der Waals surface area contributed by atoms with Crippen molar-refractivity contribution in [1.29, 1.82) is 0 Å². The van der Waals surface area contributed by atoms with E-state index < -0.39 is 6.10 Å². The van der Waals surface area contributed by atoms with Crippen molar-refractivity contribution in [3.05, 3.63) is 0 Å². The van der Waals surface area contributed by atoms with E-state index in [0.29, 0.717) is 0 Å². The van der Waals surface area contributed by atoms with Crippen LogP contribution in [0.1, 0.15) is 6.92 Å². The highest BCUT2D eigenvalue weighted by Crippen LogP contribution is 1.98. The fraction of sp³-hybridized carbons (Fsp3) is 0.800. The van der Waals surface area contributed by atoms with Gasteiger partial charge in [-0.05, 0) is 25.8 Å². The predicted molar refractivity (Wildman–Crippen MR) is 45.4 cm³/mol. The van der Waals surface area contributed by atoms with Crippen LogP contribution in [0.25, 0.3) is 0 Å². The highest BCUT2D eigenvalue weighted by atomic mass is 32.1. The number of rotatable bonds is 5. The smallest absolute Gasteiger partial charge is 0.303 e. The second-order valence-corrected chi connectivity index (χ2v) is 2.34. The lowest BCUT2D eigenvalue weighted by atomic mass is 10.4. The molecule has 0 aromatic rings. The number of thiol groups is 2. The van der Waals surface area contributed by atoms with Crippen molar-refractivity contribution in [2.75, 3.05) is 13.2 Å². The molecule has 0 rings (SSSR count). The van der Waals surface area contributed by atoms with Crippen LogP contribution in [0.15, 0.2) is 0 Å². The maximum absolute atomic E-state index is 10.4. The molecular formula is C5H10O4S2. The van der Waals surface area contributed by atoms with Gasteiger partial charge in [-0.3, -0.25) is 4.79 Å². The first-order valence-electron chi connectivity index (χ1n) is 2.90. The second-order valence-electron chi connectivity index (χ2n) is 1.82. The lowest BCUT2D eigenvalue weighted by molar-refractivity contribution is -0.149. The summed E-state index contributed by atoms with van der Waals surface area (Å²) in [6.07, 6.45) is -0.442. The van der Waals surface area contributed by atoms with E-state index in [-0.39, 0.29) is 19.2 Å². The summed E-state index contributed by atoms with van der Waals surface area (Å²) < 4.78 is 13.7. The molecule has 0 aliphatic rings. The minimum absolute atomic E-state index is 0.184. The monoisotopic (exact) mass is 198 g/mol. The minimum Gasteiger partial charge on any atom is -0.458 e. The average Bonchev–Trinajstić information content (AvgIpc) is 1.87. The summed E-state index contributed by atoms with van der Waals surface area (Å²) >= 11 is 7.01. The van der Waals surface area contributed by atoms with Crippen molar-refractivity contribution in [3.63, 3.8) is 0 Å². The topological polar surface area (TPSA) is 44.8 Å². The van der Waals surface area contributed by atoms with E-state index in [4.69, 9.17) is 4.74 Å². The van der Waals surface area contributed by atoms with Crippen LogP contribution in [-0.4, -0.2) is 25.3 Å². The molecule has 4 nitrogen and oxygen atoms in total. The SMILES string of the molecule is CC(=O)OC(COS)COS. The van der Waals surface area contributed by atoms with Gasteiger partial charge in [0.1, 0.15) is 13.2 Å². The van der Waals surface area contributed by atoms with Crippen molar-refractivity contribution in [3.8, 4) is 0 Å². The molecule has 66 valence electrons. The number of ether oxygens (including phenoxy) is 1. The molecule has 0 saturated heterocycles. The lowest BCUT2D eigenvalue weighted by Gasteiger charge is -2.13. The van der Waals surface area contributed by atoms with E-state index in [1.165, 1.54) is 6.92 Å². The maximum atomic E-state index is 10.4. The molecule has 0 aliphatic carbocycles. The summed E-state index contributed by atoms with van der Waals surface area (Å²) in [5.41, 5.74) is 0. The Morgan fingerprint density at radius 2 is 1.82 bits per heavy atom. The third kappa shape index (κ3) is 6.49. The van der Waals surface area contributed by atoms with Crippen LogP contribution < -0.4 is 0 Å². The molecule has 0 unspecified atom stereocenters. The molecule has 0 aromatic heterocycles. The molecule has 0 amide bonds. The third-order valence-corrected chi connectivity index (χ3v) is 1.15. The van der Waals surface area contributed by atoms with Gasteiger partial charge in [0.2, 0.25) is 0 Å². The summed E-state index contributed by atoms with van der Waals surface area (Å²) in [5, 5.41) is 0. The molecule has 0 atom stereocenters. The van der Waals surface area contributed by atoms with Gasteiger partial charge in [0.25, 0.3) is 0 Å². The predicted octanol–water partition coefficient (Wildman–Crippen LogP) is 0.641. The zero-order chi connectivity index (χ0) is 8.69. The Labute approximate surface area is 76.4 Å². The highest BCUT2D eigenvalue weighted by Gasteiger charge is 2.11. The number of carbonyl (C=O) groups is 1. The first-order valence-corrected chi connectivity index (χ1v) is 3.63. The van der Waals surface area contributed by atoms with Crippen molar-refractivity contribution >= 4 is 31.8 Å². The molecular weight excluding hydrogens is 188 g/mol. The van der Waals surface area contributed by atoms with E-state index in [1.54, 1.807) is 0 Å². The molecule has 0 aliphatic heterocycles. The summed E-state index contributed by atoms with van der Waals surface area (Å²) in [4.78, 5) is 10.4. The van der Waals surface area contributed by atoms with Crippen LogP contribution in [0, 0.1) is 0 Å². The average molecular weight is 198 g/mol. The van der Waals surface area contributed by atoms with Crippen LogP contribution in [0.3, 0.4) is 0 Å². The van der Waals surface area contributed by atoms with Crippen LogP contribution in [0.2, 0.25) is 0 Å². The molecule has 0 aromatic carbocycles. The molecule has 6 heteroatoms. The number of hydrogen-bond donors (Lipinski definition) is 2. The van der Waals surface area contributed by atoms with Crippen LogP contribution >= 0.6 is 25.8 Å². The first-order chi connectivity index (χ1) is 5.20. The number of esters is 1. The van der Waals surface area contributed by atoms with E-state index in [2.05, 4.69) is 34.2 Å². The summed E-state index contributed by atoms with van der Waals surface area (Å²) in [5.74, 6) is -0.384. The van der Waals surface area contributed by atoms with Gasteiger partial charge in [-0.1, -0.05) is 0 Å². The summed E-state index contributed by atoms with van der Waals surface area (Å²) in [6, 6.07) is 0. The Balaban J connectivity index is 3.59. The van der Waals surface area contributed by atoms with Crippen LogP contribution in [0.4, 0.5) is 0 Å². The van der Waals surface area contributed by atoms with Gasteiger partial charge in [0.15, 0.2) is 6.10 Å². The fourth-order valence-electron chi connectivity index (χ4n) is 0.517. The van der Waals surface area contributed by atoms with E-state index in [1.807, 2.05) is 0 Å². The van der Waals surface area contributed by atoms with Gasteiger partial charge in [-0.15, -0.1) is 0 Å². The van der Waals surface area contributed by atoms with Crippen molar-refractivity contribution in [2.45, 2.75) is 13.0 Å². The van der Waals surface area contributed by atoms with Gasteiger partial charge >= 0.3 is 5.97 Å². The number of carbonyl (C=O) groups excluding carboxylic acids is 1. The zero-order valence-corrected chi connectivity index (χ0v) is 7.81. The Morgan fingerprint density at radius 1 is 1.36 bits per heavy atom.